The van der Waals surface area contributed by atoms with Gasteiger partial charge in [-0.25, -0.2) is 9.97 Å². The highest BCUT2D eigenvalue weighted by Crippen LogP contribution is 2.31. The molecule has 0 bridgehead atoms. The first-order valence-corrected chi connectivity index (χ1v) is 9.10. The molecule has 2 aromatic heterocycles. The van der Waals surface area contributed by atoms with Gasteiger partial charge in [-0.3, -0.25) is 4.34 Å². The van der Waals surface area contributed by atoms with Crippen molar-refractivity contribution >= 4 is 62.8 Å². The maximum atomic E-state index is 5.93. The van der Waals surface area contributed by atoms with Gasteiger partial charge in [0.15, 0.2) is 5.65 Å². The van der Waals surface area contributed by atoms with Gasteiger partial charge in [0.05, 0.1) is 11.4 Å². The summed E-state index contributed by atoms with van der Waals surface area (Å²) in [6.45, 7) is 4.00. The number of rotatable bonds is 1. The molecule has 0 N–H and O–H groups in total. The molecular weight excluding hydrogens is 367 g/mol. The van der Waals surface area contributed by atoms with Crippen LogP contribution in [-0.2, 0) is 0 Å². The molecule has 7 heteroatoms. The lowest BCUT2D eigenvalue weighted by atomic mass is 10.4. The lowest BCUT2D eigenvalue weighted by Crippen LogP contribution is -1.83. The highest BCUT2D eigenvalue weighted by molar-refractivity contribution is 14.2. The third-order valence-electron chi connectivity index (χ3n) is 1.52. The van der Waals surface area contributed by atoms with Crippen molar-refractivity contribution in [3.05, 3.63) is 22.6 Å². The topological polar surface area (TPSA) is 30.7 Å². The smallest absolute Gasteiger partial charge is 0.166 e. The molecule has 15 heavy (non-hydrogen) atoms. The Kier molecular flexibility index (Phi) is 5.53. The Labute approximate surface area is 113 Å². The molecule has 0 aliphatic carbocycles. The van der Waals surface area contributed by atoms with E-state index in [-0.39, 0.29) is 0 Å². The zero-order valence-electron chi connectivity index (χ0n) is 8.13. The van der Waals surface area contributed by atoms with Gasteiger partial charge in [0.2, 0.25) is 0 Å². The summed E-state index contributed by atoms with van der Waals surface area (Å²) in [5.74, 6) is 0. The van der Waals surface area contributed by atoms with Crippen molar-refractivity contribution in [3.63, 3.8) is 0 Å². The molecule has 0 aliphatic rings. The van der Waals surface area contributed by atoms with Crippen molar-refractivity contribution < 1.29 is 0 Å². The van der Waals surface area contributed by atoms with Crippen molar-refractivity contribution in [1.82, 2.24) is 14.3 Å². The molecule has 0 aliphatic heterocycles. The van der Waals surface area contributed by atoms with Crippen molar-refractivity contribution in [2.75, 3.05) is 0 Å². The predicted molar refractivity (Wildman–Crippen MR) is 76.6 cm³/mol. The molecule has 0 amide bonds. The van der Waals surface area contributed by atoms with Gasteiger partial charge in [0.1, 0.15) is 17.0 Å². The molecule has 1 atom stereocenters. The minimum atomic E-state index is 0.397. The lowest BCUT2D eigenvalue weighted by Gasteiger charge is -1.97. The van der Waals surface area contributed by atoms with Crippen LogP contribution >= 0.6 is 51.6 Å². The summed E-state index contributed by atoms with van der Waals surface area (Å²) in [5.41, 5.74) is 1.44. The number of imidazole rings is 1. The third-order valence-corrected chi connectivity index (χ3v) is 4.07. The zero-order valence-corrected chi connectivity index (χ0v) is 12.8. The van der Waals surface area contributed by atoms with E-state index in [0.29, 0.717) is 22.1 Å². The average molecular weight is 376 g/mol. The number of nitrogens with zero attached hydrogens (tertiary/aromatic N) is 3. The van der Waals surface area contributed by atoms with Gasteiger partial charge >= 0.3 is 0 Å². The normalized spacial score (nSPS) is 10.7. The SMILES string of the molecule is CC.Clc1cc(Cl)c2ncn(PI)c2n1. The van der Waals surface area contributed by atoms with Gasteiger partial charge in [-0.15, -0.1) is 0 Å². The van der Waals surface area contributed by atoms with E-state index in [1.54, 1.807) is 12.4 Å². The van der Waals surface area contributed by atoms with Gasteiger partial charge < -0.3 is 0 Å². The summed E-state index contributed by atoms with van der Waals surface area (Å²) in [6.07, 6.45) is 2.26. The second kappa shape index (κ2) is 6.18. The number of hydrogen-bond donors (Lipinski definition) is 0. The summed E-state index contributed by atoms with van der Waals surface area (Å²) in [4.78, 5) is 8.29. The average Bonchev–Trinajstić information content (AvgIpc) is 2.64. The molecule has 0 saturated carbocycles. The van der Waals surface area contributed by atoms with E-state index in [1.165, 1.54) is 0 Å². The summed E-state index contributed by atoms with van der Waals surface area (Å²) in [7, 11) is 0. The van der Waals surface area contributed by atoms with Crippen LogP contribution in [0, 0.1) is 0 Å². The number of halogens is 3. The number of aromatic nitrogens is 3. The summed E-state index contributed by atoms with van der Waals surface area (Å²) in [5, 5.41) is 0.942. The molecule has 0 fully saturated rings. The van der Waals surface area contributed by atoms with E-state index in [1.807, 2.05) is 18.2 Å². The van der Waals surface area contributed by atoms with E-state index in [2.05, 4.69) is 32.0 Å². The first-order valence-electron chi connectivity index (χ1n) is 4.28. The zero-order chi connectivity index (χ0) is 11.4. The summed E-state index contributed by atoms with van der Waals surface area (Å²) in [6, 6.07) is 1.60. The maximum Gasteiger partial charge on any atom is 0.166 e. The van der Waals surface area contributed by atoms with Crippen LogP contribution in [-0.4, -0.2) is 14.3 Å². The molecule has 0 radical (unpaired) electrons. The Morgan fingerprint density at radius 2 is 2.07 bits per heavy atom. The quantitative estimate of drug-likeness (QED) is 0.415. The highest BCUT2D eigenvalue weighted by atomic mass is 127. The van der Waals surface area contributed by atoms with Crippen LogP contribution in [0.25, 0.3) is 11.2 Å². The molecule has 2 heterocycles. The largest absolute Gasteiger partial charge is 0.287 e. The Balaban J connectivity index is 0.000000531. The van der Waals surface area contributed by atoms with Crippen molar-refractivity contribution in [1.29, 1.82) is 0 Å². The second-order valence-corrected chi connectivity index (χ2v) is 5.19. The van der Waals surface area contributed by atoms with E-state index in [0.717, 1.165) is 5.65 Å². The monoisotopic (exact) mass is 375 g/mol. The van der Waals surface area contributed by atoms with Crippen molar-refractivity contribution in [3.8, 4) is 0 Å². The molecule has 1 unspecified atom stereocenters. The molecular formula is C8H9Cl2IN3P. The van der Waals surface area contributed by atoms with Gasteiger partial charge in [-0.2, -0.15) is 0 Å². The molecule has 0 saturated heterocycles. The van der Waals surface area contributed by atoms with Crippen molar-refractivity contribution in [2.24, 2.45) is 0 Å². The fourth-order valence-electron chi connectivity index (χ4n) is 0.985. The second-order valence-electron chi connectivity index (χ2n) is 2.30. The third kappa shape index (κ3) is 2.93. The number of fused-ring (bicyclic) bond motifs is 1. The van der Waals surface area contributed by atoms with Crippen LogP contribution in [0.5, 0.6) is 0 Å². The lowest BCUT2D eigenvalue weighted by molar-refractivity contribution is 1.23. The van der Waals surface area contributed by atoms with E-state index in [4.69, 9.17) is 23.2 Å². The van der Waals surface area contributed by atoms with Crippen LogP contribution in [0.15, 0.2) is 12.4 Å². The highest BCUT2D eigenvalue weighted by Gasteiger charge is 2.08. The van der Waals surface area contributed by atoms with Crippen LogP contribution in [0.3, 0.4) is 0 Å². The number of pyridine rings is 1. The van der Waals surface area contributed by atoms with Crippen LogP contribution < -0.4 is 0 Å². The molecule has 2 aromatic rings. The molecule has 0 aromatic carbocycles. The Bertz CT molecular complexity index is 460. The molecule has 0 spiro atoms. The number of hydrogen-bond acceptors (Lipinski definition) is 2. The standard InChI is InChI=1S/C6H3Cl2IN3P.C2H6/c7-3-1-4(8)11-6-5(3)10-2-12(6)13-9;1-2/h1-2,13H;1-2H3. The fourth-order valence-corrected chi connectivity index (χ4v) is 2.86. The Morgan fingerprint density at radius 1 is 1.40 bits per heavy atom. The van der Waals surface area contributed by atoms with Crippen LogP contribution in [0.1, 0.15) is 13.8 Å². The fraction of sp³-hybridized carbons (Fsp3) is 0.250. The minimum absolute atomic E-state index is 0.397. The summed E-state index contributed by atoms with van der Waals surface area (Å²) < 4.78 is 1.91. The van der Waals surface area contributed by atoms with Gasteiger partial charge in [-0.05, 0) is 28.1 Å². The van der Waals surface area contributed by atoms with E-state index < -0.39 is 0 Å². The first-order chi connectivity index (χ1) is 7.22. The Morgan fingerprint density at radius 3 is 2.67 bits per heavy atom. The predicted octanol–water partition coefficient (Wildman–Crippen LogP) is 4.56. The molecule has 2 rings (SSSR count). The first kappa shape index (κ1) is 13.4. The van der Waals surface area contributed by atoms with Gasteiger partial charge in [0, 0.05) is 0 Å². The summed E-state index contributed by atoms with van der Waals surface area (Å²) >= 11 is 14.0. The van der Waals surface area contributed by atoms with Gasteiger partial charge in [0.25, 0.3) is 0 Å². The van der Waals surface area contributed by atoms with Gasteiger partial charge in [-0.1, -0.05) is 37.0 Å². The van der Waals surface area contributed by atoms with Crippen LogP contribution in [0.2, 0.25) is 10.2 Å². The van der Waals surface area contributed by atoms with Crippen molar-refractivity contribution in [2.45, 2.75) is 13.8 Å². The minimum Gasteiger partial charge on any atom is -0.287 e. The molecule has 82 valence electrons. The maximum absolute atomic E-state index is 5.93. The molecule has 3 nitrogen and oxygen atoms in total. The van der Waals surface area contributed by atoms with Crippen LogP contribution in [0.4, 0.5) is 0 Å². The van der Waals surface area contributed by atoms with E-state index >= 15 is 0 Å². The Hall–Kier alpha value is 0.360. The van der Waals surface area contributed by atoms with E-state index in [9.17, 15) is 0 Å².